The Morgan fingerprint density at radius 1 is 1.14 bits per heavy atom. The number of aryl methyl sites for hydroxylation is 2. The van der Waals surface area contributed by atoms with Crippen LogP contribution in [0.1, 0.15) is 12.0 Å². The lowest BCUT2D eigenvalue weighted by atomic mass is 10.1. The second-order valence-electron chi connectivity index (χ2n) is 6.33. The molecule has 0 bridgehead atoms. The van der Waals surface area contributed by atoms with Gasteiger partial charge in [-0.15, -0.1) is 0 Å². The number of hydrogen-bond donors (Lipinski definition) is 1. The molecule has 3 heterocycles. The maximum atomic E-state index is 12.4. The Morgan fingerprint density at radius 3 is 2.71 bits per heavy atom. The molecule has 140 valence electrons. The van der Waals surface area contributed by atoms with Crippen LogP contribution in [-0.4, -0.2) is 25.4 Å². The maximum absolute atomic E-state index is 12.4. The second-order valence-corrected chi connectivity index (χ2v) is 7.33. The van der Waals surface area contributed by atoms with Gasteiger partial charge in [-0.3, -0.25) is 9.78 Å². The third kappa shape index (κ3) is 3.99. The summed E-state index contributed by atoms with van der Waals surface area (Å²) >= 11 is 1.44. The van der Waals surface area contributed by atoms with E-state index in [1.807, 2.05) is 60.3 Å². The average molecular weight is 389 g/mol. The Bertz CT molecular complexity index is 1070. The number of carbonyl (C=O) groups excluding carboxylic acids is 1. The molecule has 1 amide bonds. The molecule has 4 rings (SSSR count). The molecule has 6 nitrogen and oxygen atoms in total. The van der Waals surface area contributed by atoms with E-state index in [-0.39, 0.29) is 5.91 Å². The van der Waals surface area contributed by atoms with Crippen LogP contribution in [0.4, 0.5) is 5.13 Å². The van der Waals surface area contributed by atoms with Gasteiger partial charge in [-0.05, 0) is 18.1 Å². The third-order valence-electron chi connectivity index (χ3n) is 4.31. The van der Waals surface area contributed by atoms with Crippen LogP contribution in [-0.2, 0) is 18.3 Å². The Morgan fingerprint density at radius 2 is 2.00 bits per heavy atom. The van der Waals surface area contributed by atoms with Crippen LogP contribution in [0.5, 0.6) is 0 Å². The number of thiazole rings is 1. The zero-order valence-corrected chi connectivity index (χ0v) is 16.2. The summed E-state index contributed by atoms with van der Waals surface area (Å²) in [4.78, 5) is 26.6. The van der Waals surface area contributed by atoms with Crippen LogP contribution >= 0.6 is 11.3 Å². The molecular weight excluding hydrogens is 370 g/mol. The number of rotatable bonds is 6. The highest BCUT2D eigenvalue weighted by molar-refractivity contribution is 7.19. The molecule has 0 saturated carbocycles. The quantitative estimate of drug-likeness (QED) is 0.537. The van der Waals surface area contributed by atoms with Gasteiger partial charge in [0, 0.05) is 43.8 Å². The number of hydrogen-bond acceptors (Lipinski definition) is 5. The number of amides is 1. The summed E-state index contributed by atoms with van der Waals surface area (Å²) in [5, 5.41) is 3.51. The van der Waals surface area contributed by atoms with Gasteiger partial charge >= 0.3 is 0 Å². The van der Waals surface area contributed by atoms with E-state index in [4.69, 9.17) is 4.98 Å². The van der Waals surface area contributed by atoms with E-state index >= 15 is 0 Å². The molecule has 0 fully saturated rings. The first-order valence-electron chi connectivity index (χ1n) is 8.93. The highest BCUT2D eigenvalue weighted by atomic mass is 32.1. The minimum Gasteiger partial charge on any atom is -0.333 e. The Balaban J connectivity index is 1.57. The number of aromatic nitrogens is 4. The van der Waals surface area contributed by atoms with Crippen molar-refractivity contribution in [3.8, 4) is 22.0 Å². The van der Waals surface area contributed by atoms with Gasteiger partial charge < -0.3 is 9.88 Å². The lowest BCUT2D eigenvalue weighted by Crippen LogP contribution is -2.12. The number of carbonyl (C=O) groups is 1. The first kappa shape index (κ1) is 18.1. The molecule has 28 heavy (non-hydrogen) atoms. The van der Waals surface area contributed by atoms with Crippen LogP contribution in [0.25, 0.3) is 22.0 Å². The highest BCUT2D eigenvalue weighted by Gasteiger charge is 2.19. The number of pyridine rings is 1. The fourth-order valence-corrected chi connectivity index (χ4v) is 3.93. The zero-order chi connectivity index (χ0) is 19.3. The third-order valence-corrected chi connectivity index (χ3v) is 5.28. The predicted molar refractivity (Wildman–Crippen MR) is 111 cm³/mol. The Kier molecular flexibility index (Phi) is 5.25. The largest absolute Gasteiger partial charge is 0.333 e. The van der Waals surface area contributed by atoms with E-state index in [2.05, 4.69) is 15.3 Å². The van der Waals surface area contributed by atoms with Crippen LogP contribution in [0.2, 0.25) is 0 Å². The molecule has 4 aromatic rings. The van der Waals surface area contributed by atoms with Gasteiger partial charge in [-0.1, -0.05) is 47.7 Å². The molecule has 0 saturated heterocycles. The number of anilines is 1. The number of nitrogens with zero attached hydrogens (tertiary/aromatic N) is 4. The maximum Gasteiger partial charge on any atom is 0.226 e. The van der Waals surface area contributed by atoms with Crippen LogP contribution < -0.4 is 5.32 Å². The summed E-state index contributed by atoms with van der Waals surface area (Å²) in [6.07, 6.45) is 8.19. The highest BCUT2D eigenvalue weighted by Crippen LogP contribution is 2.38. The van der Waals surface area contributed by atoms with Crippen molar-refractivity contribution in [2.24, 2.45) is 7.05 Å². The van der Waals surface area contributed by atoms with E-state index in [1.54, 1.807) is 18.6 Å². The summed E-state index contributed by atoms with van der Waals surface area (Å²) in [5.41, 5.74) is 2.85. The minimum atomic E-state index is -0.0661. The van der Waals surface area contributed by atoms with Crippen molar-refractivity contribution in [1.82, 2.24) is 19.5 Å². The average Bonchev–Trinajstić information content (AvgIpc) is 3.33. The molecule has 0 atom stereocenters. The van der Waals surface area contributed by atoms with Crippen molar-refractivity contribution in [3.63, 3.8) is 0 Å². The van der Waals surface area contributed by atoms with Gasteiger partial charge in [0.15, 0.2) is 11.0 Å². The fourth-order valence-electron chi connectivity index (χ4n) is 2.89. The van der Waals surface area contributed by atoms with Gasteiger partial charge in [0.25, 0.3) is 0 Å². The minimum absolute atomic E-state index is 0.0661. The van der Waals surface area contributed by atoms with Crippen molar-refractivity contribution >= 4 is 22.4 Å². The number of imidazole rings is 1. The van der Waals surface area contributed by atoms with Crippen molar-refractivity contribution in [2.45, 2.75) is 12.8 Å². The van der Waals surface area contributed by atoms with E-state index in [0.29, 0.717) is 18.0 Å². The summed E-state index contributed by atoms with van der Waals surface area (Å²) in [6.45, 7) is 0. The smallest absolute Gasteiger partial charge is 0.226 e. The van der Waals surface area contributed by atoms with Gasteiger partial charge in [0.2, 0.25) is 5.91 Å². The predicted octanol–water partition coefficient (Wildman–Crippen LogP) is 4.18. The van der Waals surface area contributed by atoms with Gasteiger partial charge in [0.1, 0.15) is 0 Å². The first-order chi connectivity index (χ1) is 13.7. The van der Waals surface area contributed by atoms with Gasteiger partial charge in [-0.25, -0.2) is 9.97 Å². The standard InChI is InChI=1S/C21H19N5OS/c1-26-13-12-23-20(26)19-18(16-7-3-2-4-8-16)25-21(28-19)24-17(27)10-9-15-6-5-11-22-14-15/h2-8,11-14H,9-10H2,1H3,(H,24,25,27). The van der Waals surface area contributed by atoms with E-state index in [9.17, 15) is 4.79 Å². The fraction of sp³-hybridized carbons (Fsp3) is 0.143. The van der Waals surface area contributed by atoms with Gasteiger partial charge in [-0.2, -0.15) is 0 Å². The monoisotopic (exact) mass is 389 g/mol. The molecule has 3 aromatic heterocycles. The lowest BCUT2D eigenvalue weighted by Gasteiger charge is -2.02. The second kappa shape index (κ2) is 8.14. The topological polar surface area (TPSA) is 72.7 Å². The molecule has 1 aromatic carbocycles. The summed E-state index contributed by atoms with van der Waals surface area (Å²) in [7, 11) is 1.95. The SMILES string of the molecule is Cn1ccnc1-c1sc(NC(=O)CCc2cccnc2)nc1-c1ccccc1. The lowest BCUT2D eigenvalue weighted by molar-refractivity contribution is -0.116. The number of benzene rings is 1. The molecular formula is C21H19N5OS. The first-order valence-corrected chi connectivity index (χ1v) is 9.75. The van der Waals surface area contributed by atoms with Crippen LogP contribution in [0.15, 0.2) is 67.3 Å². The summed E-state index contributed by atoms with van der Waals surface area (Å²) in [5.74, 6) is 0.760. The molecule has 0 aliphatic carbocycles. The number of nitrogens with one attached hydrogen (secondary N) is 1. The van der Waals surface area contributed by atoms with Crippen molar-refractivity contribution in [2.75, 3.05) is 5.32 Å². The van der Waals surface area contributed by atoms with E-state index < -0.39 is 0 Å². The summed E-state index contributed by atoms with van der Waals surface area (Å²) in [6, 6.07) is 13.8. The Labute approximate surface area is 166 Å². The normalized spacial score (nSPS) is 10.8. The molecule has 0 spiro atoms. The van der Waals surface area contributed by atoms with Crippen molar-refractivity contribution < 1.29 is 4.79 Å². The molecule has 0 radical (unpaired) electrons. The molecule has 1 N–H and O–H groups in total. The van der Waals surface area contributed by atoms with E-state index in [0.717, 1.165) is 27.5 Å². The molecule has 0 aliphatic rings. The van der Waals surface area contributed by atoms with Crippen LogP contribution in [0, 0.1) is 0 Å². The Hall–Kier alpha value is -3.32. The van der Waals surface area contributed by atoms with Crippen molar-refractivity contribution in [3.05, 3.63) is 72.8 Å². The zero-order valence-electron chi connectivity index (χ0n) is 15.4. The van der Waals surface area contributed by atoms with Crippen LogP contribution in [0.3, 0.4) is 0 Å². The van der Waals surface area contributed by atoms with Gasteiger partial charge in [0.05, 0.1) is 10.6 Å². The summed E-state index contributed by atoms with van der Waals surface area (Å²) < 4.78 is 1.95. The molecule has 0 aliphatic heterocycles. The molecule has 0 unspecified atom stereocenters. The van der Waals surface area contributed by atoms with Crippen molar-refractivity contribution in [1.29, 1.82) is 0 Å². The van der Waals surface area contributed by atoms with E-state index in [1.165, 1.54) is 11.3 Å². The molecule has 7 heteroatoms.